The smallest absolute Gasteiger partial charge is 0.276 e. The number of carbonyl (C=O) groups is 2. The standard InChI is InChI=1S/C18H25N3O3/c22-17(11-13-3-1-2-4-13)20-7-9-21(10-8-20)18(23)15-12-16(24-19-15)14-5-6-14/h12-14H,1-11H2. The summed E-state index contributed by atoms with van der Waals surface area (Å²) in [6, 6.07) is 1.79. The number of aromatic nitrogens is 1. The minimum absolute atomic E-state index is 0.0754. The van der Waals surface area contributed by atoms with E-state index in [1.54, 1.807) is 11.0 Å². The largest absolute Gasteiger partial charge is 0.360 e. The number of carbonyl (C=O) groups excluding carboxylic acids is 2. The van der Waals surface area contributed by atoms with Crippen LogP contribution in [0.1, 0.15) is 67.1 Å². The molecule has 24 heavy (non-hydrogen) atoms. The fourth-order valence-electron chi connectivity index (χ4n) is 3.86. The summed E-state index contributed by atoms with van der Waals surface area (Å²) in [5.41, 5.74) is 0.405. The number of hydrogen-bond donors (Lipinski definition) is 0. The van der Waals surface area contributed by atoms with Crippen LogP contribution in [0.25, 0.3) is 0 Å². The van der Waals surface area contributed by atoms with E-state index < -0.39 is 0 Å². The Morgan fingerprint density at radius 1 is 1.04 bits per heavy atom. The third-order valence-corrected chi connectivity index (χ3v) is 5.58. The van der Waals surface area contributed by atoms with Crippen LogP contribution in [0.3, 0.4) is 0 Å². The van der Waals surface area contributed by atoms with Crippen molar-refractivity contribution in [3.8, 4) is 0 Å². The molecule has 0 bridgehead atoms. The Morgan fingerprint density at radius 3 is 2.38 bits per heavy atom. The molecular weight excluding hydrogens is 306 g/mol. The normalized spacial score (nSPS) is 22.2. The lowest BCUT2D eigenvalue weighted by Gasteiger charge is -2.34. The predicted molar refractivity (Wildman–Crippen MR) is 87.5 cm³/mol. The molecule has 0 atom stereocenters. The van der Waals surface area contributed by atoms with Gasteiger partial charge in [-0.25, -0.2) is 0 Å². The SMILES string of the molecule is O=C(CC1CCCC1)N1CCN(C(=O)c2cc(C3CC3)on2)CC1. The van der Waals surface area contributed by atoms with E-state index in [-0.39, 0.29) is 11.8 Å². The van der Waals surface area contributed by atoms with Crippen molar-refractivity contribution in [2.45, 2.75) is 50.9 Å². The molecule has 0 unspecified atom stereocenters. The van der Waals surface area contributed by atoms with Crippen molar-refractivity contribution in [3.63, 3.8) is 0 Å². The highest BCUT2D eigenvalue weighted by Gasteiger charge is 2.31. The zero-order valence-corrected chi connectivity index (χ0v) is 14.1. The van der Waals surface area contributed by atoms with Gasteiger partial charge in [0.1, 0.15) is 5.76 Å². The molecule has 1 saturated heterocycles. The lowest BCUT2D eigenvalue weighted by molar-refractivity contribution is -0.133. The number of amides is 2. The molecule has 0 N–H and O–H groups in total. The molecule has 3 aliphatic rings. The Morgan fingerprint density at radius 2 is 1.71 bits per heavy atom. The van der Waals surface area contributed by atoms with Crippen molar-refractivity contribution < 1.29 is 14.1 Å². The average molecular weight is 331 g/mol. The van der Waals surface area contributed by atoms with Gasteiger partial charge >= 0.3 is 0 Å². The topological polar surface area (TPSA) is 66.7 Å². The molecule has 1 aromatic heterocycles. The van der Waals surface area contributed by atoms with Crippen LogP contribution in [0.4, 0.5) is 0 Å². The van der Waals surface area contributed by atoms with Crippen molar-refractivity contribution in [1.82, 2.24) is 15.0 Å². The fourth-order valence-corrected chi connectivity index (χ4v) is 3.86. The first-order valence-electron chi connectivity index (χ1n) is 9.24. The number of piperazine rings is 1. The van der Waals surface area contributed by atoms with Crippen LogP contribution in [0.15, 0.2) is 10.6 Å². The molecule has 4 rings (SSSR count). The molecular formula is C18H25N3O3. The lowest BCUT2D eigenvalue weighted by Crippen LogP contribution is -2.50. The molecule has 6 nitrogen and oxygen atoms in total. The minimum atomic E-state index is -0.0754. The van der Waals surface area contributed by atoms with E-state index >= 15 is 0 Å². The second-order valence-electron chi connectivity index (χ2n) is 7.42. The Balaban J connectivity index is 1.28. The summed E-state index contributed by atoms with van der Waals surface area (Å²) in [5, 5.41) is 3.93. The second-order valence-corrected chi connectivity index (χ2v) is 7.42. The van der Waals surface area contributed by atoms with E-state index in [2.05, 4.69) is 5.16 Å². The molecule has 2 saturated carbocycles. The number of hydrogen-bond acceptors (Lipinski definition) is 4. The van der Waals surface area contributed by atoms with Gasteiger partial charge in [-0.1, -0.05) is 18.0 Å². The van der Waals surface area contributed by atoms with E-state index in [9.17, 15) is 9.59 Å². The van der Waals surface area contributed by atoms with Crippen molar-refractivity contribution in [3.05, 3.63) is 17.5 Å². The van der Waals surface area contributed by atoms with Gasteiger partial charge in [0.25, 0.3) is 5.91 Å². The van der Waals surface area contributed by atoms with E-state index in [0.717, 1.165) is 18.6 Å². The summed E-state index contributed by atoms with van der Waals surface area (Å²) < 4.78 is 5.27. The second kappa shape index (κ2) is 6.57. The summed E-state index contributed by atoms with van der Waals surface area (Å²) in [6.07, 6.45) is 7.86. The van der Waals surface area contributed by atoms with Gasteiger partial charge in [-0.05, 0) is 31.6 Å². The van der Waals surface area contributed by atoms with E-state index in [0.29, 0.717) is 50.1 Å². The highest BCUT2D eigenvalue weighted by atomic mass is 16.5. The maximum atomic E-state index is 12.5. The van der Waals surface area contributed by atoms with Gasteiger partial charge in [-0.3, -0.25) is 9.59 Å². The van der Waals surface area contributed by atoms with Gasteiger partial charge in [0.05, 0.1) is 0 Å². The molecule has 0 radical (unpaired) electrons. The van der Waals surface area contributed by atoms with Gasteiger partial charge in [0.2, 0.25) is 5.91 Å². The van der Waals surface area contributed by atoms with Crippen molar-refractivity contribution in [2.75, 3.05) is 26.2 Å². The zero-order valence-electron chi connectivity index (χ0n) is 14.1. The monoisotopic (exact) mass is 331 g/mol. The molecule has 0 aromatic carbocycles. The Labute approximate surface area is 142 Å². The first-order valence-corrected chi connectivity index (χ1v) is 9.24. The number of nitrogens with zero attached hydrogens (tertiary/aromatic N) is 3. The minimum Gasteiger partial charge on any atom is -0.360 e. The summed E-state index contributed by atoms with van der Waals surface area (Å²) in [4.78, 5) is 28.6. The molecule has 130 valence electrons. The summed E-state index contributed by atoms with van der Waals surface area (Å²) in [6.45, 7) is 2.43. The third-order valence-electron chi connectivity index (χ3n) is 5.58. The van der Waals surface area contributed by atoms with Crippen LogP contribution in [-0.2, 0) is 4.79 Å². The summed E-state index contributed by atoms with van der Waals surface area (Å²) in [5.74, 6) is 2.06. The van der Waals surface area contributed by atoms with Gasteiger partial charge in [0.15, 0.2) is 5.69 Å². The average Bonchev–Trinajstić information content (AvgIpc) is 3.11. The zero-order chi connectivity index (χ0) is 16.5. The molecule has 0 spiro atoms. The van der Waals surface area contributed by atoms with Gasteiger partial charge in [-0.2, -0.15) is 0 Å². The Kier molecular flexibility index (Phi) is 4.29. The van der Waals surface area contributed by atoms with Crippen molar-refractivity contribution in [1.29, 1.82) is 0 Å². The van der Waals surface area contributed by atoms with Gasteiger partial charge in [0, 0.05) is 44.6 Å². The molecule has 3 fully saturated rings. The summed E-state index contributed by atoms with van der Waals surface area (Å²) >= 11 is 0. The van der Waals surface area contributed by atoms with E-state index in [1.165, 1.54) is 25.7 Å². The van der Waals surface area contributed by atoms with Crippen molar-refractivity contribution in [2.24, 2.45) is 5.92 Å². The van der Waals surface area contributed by atoms with Crippen LogP contribution in [0, 0.1) is 5.92 Å². The molecule has 2 aliphatic carbocycles. The lowest BCUT2D eigenvalue weighted by atomic mass is 10.0. The Hall–Kier alpha value is -1.85. The van der Waals surface area contributed by atoms with Gasteiger partial charge < -0.3 is 14.3 Å². The molecule has 1 aromatic rings. The first kappa shape index (κ1) is 15.7. The third kappa shape index (κ3) is 3.32. The van der Waals surface area contributed by atoms with E-state index in [4.69, 9.17) is 4.52 Å². The molecule has 6 heteroatoms. The molecule has 1 aliphatic heterocycles. The first-order chi connectivity index (χ1) is 11.7. The maximum Gasteiger partial charge on any atom is 0.276 e. The highest BCUT2D eigenvalue weighted by molar-refractivity contribution is 5.92. The predicted octanol–water partition coefficient (Wildman–Crippen LogP) is 2.42. The molecule has 2 amide bonds. The maximum absolute atomic E-state index is 12.5. The Bertz CT molecular complexity index is 609. The molecule has 2 heterocycles. The van der Waals surface area contributed by atoms with Crippen LogP contribution >= 0.6 is 0 Å². The number of rotatable bonds is 4. The van der Waals surface area contributed by atoms with Crippen LogP contribution in [0.5, 0.6) is 0 Å². The van der Waals surface area contributed by atoms with Crippen LogP contribution in [-0.4, -0.2) is 52.9 Å². The van der Waals surface area contributed by atoms with Crippen molar-refractivity contribution >= 4 is 11.8 Å². The fraction of sp³-hybridized carbons (Fsp3) is 0.722. The van der Waals surface area contributed by atoms with E-state index in [1.807, 2.05) is 4.90 Å². The highest BCUT2D eigenvalue weighted by Crippen LogP contribution is 2.40. The van der Waals surface area contributed by atoms with Crippen LogP contribution in [0.2, 0.25) is 0 Å². The summed E-state index contributed by atoms with van der Waals surface area (Å²) in [7, 11) is 0. The quantitative estimate of drug-likeness (QED) is 0.850. The van der Waals surface area contributed by atoms with Gasteiger partial charge in [-0.15, -0.1) is 0 Å². The van der Waals surface area contributed by atoms with Crippen LogP contribution < -0.4 is 0 Å².